The van der Waals surface area contributed by atoms with Crippen molar-refractivity contribution in [2.75, 3.05) is 26.3 Å². The van der Waals surface area contributed by atoms with E-state index in [-0.39, 0.29) is 36.7 Å². The summed E-state index contributed by atoms with van der Waals surface area (Å²) in [6.07, 6.45) is -0.801. The number of rotatable bonds is 6. The molecule has 2 unspecified atom stereocenters. The van der Waals surface area contributed by atoms with Crippen LogP contribution in [0.3, 0.4) is 0 Å². The molecule has 2 fully saturated rings. The first kappa shape index (κ1) is 23.4. The molecule has 4 atom stereocenters. The molecule has 2 saturated heterocycles. The Bertz CT molecular complexity index is 1090. The average molecular weight is 479 g/mol. The summed E-state index contributed by atoms with van der Waals surface area (Å²) < 4.78 is 11.3. The third kappa shape index (κ3) is 4.62. The molecule has 8 heteroatoms. The summed E-state index contributed by atoms with van der Waals surface area (Å²) in [5.41, 5.74) is 4.59. The molecule has 0 spiro atoms. The van der Waals surface area contributed by atoms with Gasteiger partial charge in [0.05, 0.1) is 12.5 Å². The van der Waals surface area contributed by atoms with Crippen LogP contribution >= 0.6 is 0 Å². The Morgan fingerprint density at radius 2 is 1.71 bits per heavy atom. The standard InChI is InChI=1S/C27H30N2O6/c1-16-13-29(14-17(16)12-24(30)31)26(32)25-23(10-11-34-25)28-27(33)35-15-22-20-8-4-2-6-18(20)19-7-3-5-9-21(19)22/h2-9,16-17,22-23,25H,10-15H2,1H3,(H,28,33)(H,30,31)/t16?,17?,23-,25+/m1/s1. The molecular weight excluding hydrogens is 448 g/mol. The summed E-state index contributed by atoms with van der Waals surface area (Å²) in [6, 6.07) is 15.8. The van der Waals surface area contributed by atoms with Crippen molar-refractivity contribution < 1.29 is 29.0 Å². The molecule has 0 radical (unpaired) electrons. The third-order valence-electron chi connectivity index (χ3n) is 7.50. The van der Waals surface area contributed by atoms with E-state index in [0.717, 1.165) is 22.3 Å². The number of ether oxygens (including phenoxy) is 2. The van der Waals surface area contributed by atoms with Crippen molar-refractivity contribution in [1.82, 2.24) is 10.2 Å². The van der Waals surface area contributed by atoms with Crippen LogP contribution < -0.4 is 5.32 Å². The van der Waals surface area contributed by atoms with Crippen molar-refractivity contribution in [2.45, 2.75) is 37.8 Å². The number of likely N-dealkylation sites (tertiary alicyclic amines) is 1. The lowest BCUT2D eigenvalue weighted by atomic mass is 9.95. The van der Waals surface area contributed by atoms with Gasteiger partial charge >= 0.3 is 12.1 Å². The van der Waals surface area contributed by atoms with Crippen molar-refractivity contribution in [1.29, 1.82) is 0 Å². The molecule has 3 aliphatic rings. The first-order valence-electron chi connectivity index (χ1n) is 12.2. The molecule has 0 saturated carbocycles. The predicted octanol–water partition coefficient (Wildman–Crippen LogP) is 3.25. The Labute approximate surface area is 204 Å². The maximum atomic E-state index is 13.1. The van der Waals surface area contributed by atoms with Crippen LogP contribution in [0.15, 0.2) is 48.5 Å². The molecule has 1 aliphatic carbocycles. The van der Waals surface area contributed by atoms with E-state index >= 15 is 0 Å². The molecule has 0 aromatic heterocycles. The largest absolute Gasteiger partial charge is 0.481 e. The minimum absolute atomic E-state index is 0.0392. The summed E-state index contributed by atoms with van der Waals surface area (Å²) in [7, 11) is 0. The molecule has 35 heavy (non-hydrogen) atoms. The van der Waals surface area contributed by atoms with Gasteiger partial charge in [-0.25, -0.2) is 4.79 Å². The second-order valence-electron chi connectivity index (χ2n) is 9.73. The number of nitrogens with zero attached hydrogens (tertiary/aromatic N) is 1. The summed E-state index contributed by atoms with van der Waals surface area (Å²) >= 11 is 0. The molecule has 2 heterocycles. The summed E-state index contributed by atoms with van der Waals surface area (Å²) in [6.45, 7) is 3.42. The smallest absolute Gasteiger partial charge is 0.407 e. The van der Waals surface area contributed by atoms with Crippen LogP contribution in [-0.2, 0) is 19.1 Å². The van der Waals surface area contributed by atoms with Gasteiger partial charge in [-0.15, -0.1) is 0 Å². The minimum Gasteiger partial charge on any atom is -0.481 e. The highest BCUT2D eigenvalue weighted by molar-refractivity contribution is 5.83. The number of nitrogens with one attached hydrogen (secondary N) is 1. The summed E-state index contributed by atoms with van der Waals surface area (Å²) in [5.74, 6) is -1.08. The van der Waals surface area contributed by atoms with Crippen molar-refractivity contribution >= 4 is 18.0 Å². The first-order valence-corrected chi connectivity index (χ1v) is 12.2. The van der Waals surface area contributed by atoms with E-state index in [0.29, 0.717) is 26.1 Å². The second-order valence-corrected chi connectivity index (χ2v) is 9.73. The number of fused-ring (bicyclic) bond motifs is 3. The highest BCUT2D eigenvalue weighted by Crippen LogP contribution is 2.44. The lowest BCUT2D eigenvalue weighted by molar-refractivity contribution is -0.142. The average Bonchev–Trinajstić information content (AvgIpc) is 3.53. The topological polar surface area (TPSA) is 105 Å². The van der Waals surface area contributed by atoms with Crippen molar-refractivity contribution in [2.24, 2.45) is 11.8 Å². The number of amides is 2. The number of aliphatic carboxylic acids is 1. The number of alkyl carbamates (subject to hydrolysis) is 1. The van der Waals surface area contributed by atoms with E-state index in [2.05, 4.69) is 29.6 Å². The van der Waals surface area contributed by atoms with Crippen LogP contribution in [0.4, 0.5) is 4.79 Å². The van der Waals surface area contributed by atoms with Gasteiger partial charge in [-0.1, -0.05) is 55.5 Å². The van der Waals surface area contributed by atoms with Crippen molar-refractivity contribution in [3.8, 4) is 11.1 Å². The van der Waals surface area contributed by atoms with E-state index in [4.69, 9.17) is 14.6 Å². The maximum Gasteiger partial charge on any atom is 0.407 e. The maximum absolute atomic E-state index is 13.1. The number of hydrogen-bond acceptors (Lipinski definition) is 5. The zero-order valence-corrected chi connectivity index (χ0v) is 19.7. The van der Waals surface area contributed by atoms with E-state index < -0.39 is 24.2 Å². The van der Waals surface area contributed by atoms with Gasteiger partial charge in [-0.2, -0.15) is 0 Å². The number of carbonyl (C=O) groups is 3. The van der Waals surface area contributed by atoms with Crippen LogP contribution in [0, 0.1) is 11.8 Å². The minimum atomic E-state index is -0.858. The molecule has 8 nitrogen and oxygen atoms in total. The highest BCUT2D eigenvalue weighted by Gasteiger charge is 2.42. The first-order chi connectivity index (χ1) is 16.9. The van der Waals surface area contributed by atoms with Gasteiger partial charge in [0.25, 0.3) is 5.91 Å². The zero-order valence-electron chi connectivity index (χ0n) is 19.7. The third-order valence-corrected chi connectivity index (χ3v) is 7.50. The van der Waals surface area contributed by atoms with E-state index in [1.165, 1.54) is 0 Å². The quantitative estimate of drug-likeness (QED) is 0.660. The molecular formula is C27H30N2O6. The summed E-state index contributed by atoms with van der Waals surface area (Å²) in [5, 5.41) is 11.9. The van der Waals surface area contributed by atoms with E-state index in [9.17, 15) is 14.4 Å². The van der Waals surface area contributed by atoms with Crippen molar-refractivity contribution in [3.05, 3.63) is 59.7 Å². The van der Waals surface area contributed by atoms with Gasteiger partial charge in [-0.3, -0.25) is 9.59 Å². The molecule has 2 aromatic rings. The molecule has 2 aliphatic heterocycles. The number of carboxylic acid groups (broad SMARTS) is 1. The Morgan fingerprint density at radius 3 is 2.37 bits per heavy atom. The van der Waals surface area contributed by atoms with Crippen LogP contribution in [0.25, 0.3) is 11.1 Å². The van der Waals surface area contributed by atoms with Crippen LogP contribution in [0.5, 0.6) is 0 Å². The zero-order chi connectivity index (χ0) is 24.5. The molecule has 2 aromatic carbocycles. The molecule has 184 valence electrons. The predicted molar refractivity (Wildman–Crippen MR) is 128 cm³/mol. The van der Waals surface area contributed by atoms with Gasteiger partial charge in [0.2, 0.25) is 0 Å². The molecule has 0 bridgehead atoms. The van der Waals surface area contributed by atoms with Crippen LogP contribution in [0.1, 0.15) is 36.8 Å². The van der Waals surface area contributed by atoms with Crippen LogP contribution in [0.2, 0.25) is 0 Å². The number of carboxylic acids is 1. The van der Waals surface area contributed by atoms with Gasteiger partial charge < -0.3 is 24.8 Å². The van der Waals surface area contributed by atoms with Gasteiger partial charge in [-0.05, 0) is 40.5 Å². The Kier molecular flexibility index (Phi) is 6.47. The van der Waals surface area contributed by atoms with E-state index in [1.807, 2.05) is 31.2 Å². The Balaban J connectivity index is 1.19. The normalized spacial score (nSPS) is 25.2. The fraction of sp³-hybridized carbons (Fsp3) is 0.444. The fourth-order valence-corrected chi connectivity index (χ4v) is 5.66. The SMILES string of the molecule is CC1CN(C(=O)[C@H]2OCC[C@H]2NC(=O)OCC2c3ccccc3-c3ccccc32)CC1CC(=O)O. The van der Waals surface area contributed by atoms with Crippen LogP contribution in [-0.4, -0.2) is 66.4 Å². The Hall–Kier alpha value is -3.39. The van der Waals surface area contributed by atoms with Crippen molar-refractivity contribution in [3.63, 3.8) is 0 Å². The second kappa shape index (κ2) is 9.70. The van der Waals surface area contributed by atoms with Gasteiger partial charge in [0, 0.05) is 25.6 Å². The monoisotopic (exact) mass is 478 g/mol. The lowest BCUT2D eigenvalue weighted by Crippen LogP contribution is -2.49. The van der Waals surface area contributed by atoms with Gasteiger partial charge in [0.1, 0.15) is 6.61 Å². The molecule has 2 amide bonds. The lowest BCUT2D eigenvalue weighted by Gasteiger charge is -2.25. The fourth-order valence-electron chi connectivity index (χ4n) is 5.66. The Morgan fingerprint density at radius 1 is 1.06 bits per heavy atom. The number of hydrogen-bond donors (Lipinski definition) is 2. The highest BCUT2D eigenvalue weighted by atomic mass is 16.6. The number of benzene rings is 2. The van der Waals surface area contributed by atoms with Gasteiger partial charge in [0.15, 0.2) is 6.10 Å². The van der Waals surface area contributed by atoms with E-state index in [1.54, 1.807) is 4.90 Å². The molecule has 2 N–H and O–H groups in total. The molecule has 5 rings (SSSR count). The number of carbonyl (C=O) groups excluding carboxylic acids is 2. The summed E-state index contributed by atoms with van der Waals surface area (Å²) in [4.78, 5) is 38.6.